The van der Waals surface area contributed by atoms with Crippen molar-refractivity contribution in [1.29, 1.82) is 0 Å². The molecule has 24 heavy (non-hydrogen) atoms. The molecular weight excluding hydrogens is 348 g/mol. The highest BCUT2D eigenvalue weighted by Gasteiger charge is 2.15. The molecule has 0 aromatic heterocycles. The molecule has 0 bridgehead atoms. The van der Waals surface area contributed by atoms with E-state index in [1.54, 1.807) is 18.2 Å². The van der Waals surface area contributed by atoms with Gasteiger partial charge in [0.2, 0.25) is 10.0 Å². The Morgan fingerprint density at radius 1 is 1.17 bits per heavy atom. The standard InChI is InChI=1S/C17H17ClN2O3S/c1-2-10-20-24(22,23)16-5-3-4-14(11-16)17(21)19-12-13-6-8-15(18)9-7-13/h2-9,11,20H,1,10,12H2,(H,19,21). The lowest BCUT2D eigenvalue weighted by Crippen LogP contribution is -2.25. The number of benzene rings is 2. The molecule has 0 saturated heterocycles. The Morgan fingerprint density at radius 2 is 1.88 bits per heavy atom. The van der Waals surface area contributed by atoms with Crippen LogP contribution in [0.2, 0.25) is 5.02 Å². The molecule has 126 valence electrons. The van der Waals surface area contributed by atoms with Gasteiger partial charge in [0, 0.05) is 23.7 Å². The maximum Gasteiger partial charge on any atom is 0.251 e. The summed E-state index contributed by atoms with van der Waals surface area (Å²) in [6.07, 6.45) is 1.44. The average Bonchev–Trinajstić information content (AvgIpc) is 2.59. The van der Waals surface area contributed by atoms with Crippen LogP contribution in [0.25, 0.3) is 0 Å². The summed E-state index contributed by atoms with van der Waals surface area (Å²) in [4.78, 5) is 12.2. The second-order valence-electron chi connectivity index (χ2n) is 4.98. The maximum atomic E-state index is 12.2. The first-order valence-corrected chi connectivity index (χ1v) is 9.02. The van der Waals surface area contributed by atoms with Gasteiger partial charge in [-0.15, -0.1) is 6.58 Å². The number of rotatable bonds is 7. The van der Waals surface area contributed by atoms with Crippen molar-refractivity contribution in [3.05, 3.63) is 77.3 Å². The summed E-state index contributed by atoms with van der Waals surface area (Å²) in [5, 5.41) is 3.36. The lowest BCUT2D eigenvalue weighted by Gasteiger charge is -2.08. The van der Waals surface area contributed by atoms with Crippen LogP contribution in [0.1, 0.15) is 15.9 Å². The minimum atomic E-state index is -3.67. The van der Waals surface area contributed by atoms with Crippen molar-refractivity contribution >= 4 is 27.5 Å². The second kappa shape index (κ2) is 8.10. The molecule has 0 aliphatic carbocycles. The highest BCUT2D eigenvalue weighted by Crippen LogP contribution is 2.12. The maximum absolute atomic E-state index is 12.2. The summed E-state index contributed by atoms with van der Waals surface area (Å²) in [5.41, 5.74) is 1.16. The zero-order chi connectivity index (χ0) is 17.6. The molecular formula is C17H17ClN2O3S. The van der Waals surface area contributed by atoms with Gasteiger partial charge in [-0.05, 0) is 35.9 Å². The molecule has 0 unspecified atom stereocenters. The van der Waals surface area contributed by atoms with Gasteiger partial charge in [-0.1, -0.05) is 35.9 Å². The topological polar surface area (TPSA) is 75.3 Å². The summed E-state index contributed by atoms with van der Waals surface area (Å²) in [5.74, 6) is -0.356. The third kappa shape index (κ3) is 4.92. The molecule has 0 fully saturated rings. The van der Waals surface area contributed by atoms with Crippen LogP contribution in [0, 0.1) is 0 Å². The Morgan fingerprint density at radius 3 is 2.54 bits per heavy atom. The summed E-state index contributed by atoms with van der Waals surface area (Å²) < 4.78 is 26.5. The van der Waals surface area contributed by atoms with Crippen molar-refractivity contribution in [2.75, 3.05) is 6.54 Å². The van der Waals surface area contributed by atoms with E-state index in [1.807, 2.05) is 12.1 Å². The fourth-order valence-electron chi connectivity index (χ4n) is 1.94. The largest absolute Gasteiger partial charge is 0.348 e. The fraction of sp³-hybridized carbons (Fsp3) is 0.118. The van der Waals surface area contributed by atoms with Crippen molar-refractivity contribution in [3.8, 4) is 0 Å². The number of hydrogen-bond donors (Lipinski definition) is 2. The number of hydrogen-bond acceptors (Lipinski definition) is 3. The fourth-order valence-corrected chi connectivity index (χ4v) is 3.11. The normalized spacial score (nSPS) is 11.0. The number of sulfonamides is 1. The molecule has 0 saturated carbocycles. The smallest absolute Gasteiger partial charge is 0.251 e. The zero-order valence-electron chi connectivity index (χ0n) is 12.8. The van der Waals surface area contributed by atoms with Gasteiger partial charge in [0.1, 0.15) is 0 Å². The molecule has 0 spiro atoms. The monoisotopic (exact) mass is 364 g/mol. The van der Waals surface area contributed by atoms with Gasteiger partial charge in [0.15, 0.2) is 0 Å². The first-order chi connectivity index (χ1) is 11.4. The Balaban J connectivity index is 2.08. The van der Waals surface area contributed by atoms with E-state index in [1.165, 1.54) is 24.3 Å². The van der Waals surface area contributed by atoms with Crippen LogP contribution in [0.3, 0.4) is 0 Å². The summed E-state index contributed by atoms with van der Waals surface area (Å²) >= 11 is 5.81. The number of carbonyl (C=O) groups excluding carboxylic acids is 1. The third-order valence-corrected chi connectivity index (χ3v) is 4.86. The van der Waals surface area contributed by atoms with Crippen molar-refractivity contribution in [2.45, 2.75) is 11.4 Å². The van der Waals surface area contributed by atoms with Crippen molar-refractivity contribution in [1.82, 2.24) is 10.0 Å². The van der Waals surface area contributed by atoms with Crippen LogP contribution in [-0.4, -0.2) is 20.9 Å². The molecule has 2 aromatic carbocycles. The summed E-state index contributed by atoms with van der Waals surface area (Å²) in [6, 6.07) is 12.9. The van der Waals surface area contributed by atoms with Crippen molar-refractivity contribution in [3.63, 3.8) is 0 Å². The van der Waals surface area contributed by atoms with Crippen LogP contribution in [0.15, 0.2) is 66.1 Å². The number of carbonyl (C=O) groups is 1. The van der Waals surface area contributed by atoms with E-state index < -0.39 is 10.0 Å². The molecule has 0 heterocycles. The first kappa shape index (κ1) is 18.2. The van der Waals surface area contributed by atoms with Crippen molar-refractivity contribution < 1.29 is 13.2 Å². The number of nitrogens with one attached hydrogen (secondary N) is 2. The predicted octanol–water partition coefficient (Wildman–Crippen LogP) is 2.73. The van der Waals surface area contributed by atoms with Gasteiger partial charge < -0.3 is 5.32 Å². The van der Waals surface area contributed by atoms with Crippen molar-refractivity contribution in [2.24, 2.45) is 0 Å². The molecule has 5 nitrogen and oxygen atoms in total. The molecule has 2 aromatic rings. The van der Waals surface area contributed by atoms with Crippen LogP contribution >= 0.6 is 11.6 Å². The lowest BCUT2D eigenvalue weighted by atomic mass is 10.2. The van der Waals surface area contributed by atoms with E-state index in [4.69, 9.17) is 11.6 Å². The number of halogens is 1. The second-order valence-corrected chi connectivity index (χ2v) is 7.18. The highest BCUT2D eigenvalue weighted by molar-refractivity contribution is 7.89. The highest BCUT2D eigenvalue weighted by atomic mass is 35.5. The zero-order valence-corrected chi connectivity index (χ0v) is 14.4. The van der Waals surface area contributed by atoms with Crippen LogP contribution in [0.5, 0.6) is 0 Å². The number of amides is 1. The lowest BCUT2D eigenvalue weighted by molar-refractivity contribution is 0.0950. The van der Waals surface area contributed by atoms with E-state index in [9.17, 15) is 13.2 Å². The van der Waals surface area contributed by atoms with Gasteiger partial charge in [0.05, 0.1) is 4.90 Å². The van der Waals surface area contributed by atoms with E-state index in [-0.39, 0.29) is 22.9 Å². The van der Waals surface area contributed by atoms with Crippen LogP contribution in [-0.2, 0) is 16.6 Å². The molecule has 1 amide bonds. The van der Waals surface area contributed by atoms with Gasteiger partial charge in [-0.2, -0.15) is 0 Å². The Kier molecular flexibility index (Phi) is 6.14. The van der Waals surface area contributed by atoms with E-state index in [2.05, 4.69) is 16.6 Å². The summed E-state index contributed by atoms with van der Waals surface area (Å²) in [6.45, 7) is 3.90. The predicted molar refractivity (Wildman–Crippen MR) is 94.4 cm³/mol. The van der Waals surface area contributed by atoms with Gasteiger partial charge in [-0.25, -0.2) is 13.1 Å². The van der Waals surface area contributed by atoms with E-state index in [0.717, 1.165) is 5.56 Å². The third-order valence-electron chi connectivity index (χ3n) is 3.19. The quantitative estimate of drug-likeness (QED) is 0.742. The van der Waals surface area contributed by atoms with Crippen LogP contribution < -0.4 is 10.0 Å². The minimum absolute atomic E-state index is 0.0310. The molecule has 0 aliphatic rings. The van der Waals surface area contributed by atoms with Gasteiger partial charge in [0.25, 0.3) is 5.91 Å². The van der Waals surface area contributed by atoms with E-state index >= 15 is 0 Å². The molecule has 0 atom stereocenters. The minimum Gasteiger partial charge on any atom is -0.348 e. The Bertz CT molecular complexity index is 833. The molecule has 0 aliphatic heterocycles. The molecule has 2 rings (SSSR count). The van der Waals surface area contributed by atoms with Gasteiger partial charge in [-0.3, -0.25) is 4.79 Å². The molecule has 2 N–H and O–H groups in total. The Hall–Kier alpha value is -2.15. The first-order valence-electron chi connectivity index (χ1n) is 7.15. The molecule has 7 heteroatoms. The van der Waals surface area contributed by atoms with E-state index in [0.29, 0.717) is 11.6 Å². The molecule has 0 radical (unpaired) electrons. The average molecular weight is 365 g/mol. The summed E-state index contributed by atoms with van der Waals surface area (Å²) in [7, 11) is -3.67. The SMILES string of the molecule is C=CCNS(=O)(=O)c1cccc(C(=O)NCc2ccc(Cl)cc2)c1. The van der Waals surface area contributed by atoms with Crippen LogP contribution in [0.4, 0.5) is 0 Å². The Labute approximate surface area is 146 Å². The van der Waals surface area contributed by atoms with Gasteiger partial charge >= 0.3 is 0 Å².